The van der Waals surface area contributed by atoms with Gasteiger partial charge in [0.2, 0.25) is 5.91 Å². The molecule has 0 atom stereocenters. The fraction of sp³-hybridized carbons (Fsp3) is 0.600. The van der Waals surface area contributed by atoms with Gasteiger partial charge in [0.05, 0.1) is 5.54 Å². The average molecular weight is 343 g/mol. The lowest BCUT2D eigenvalue weighted by Gasteiger charge is -2.28. The van der Waals surface area contributed by atoms with Crippen LogP contribution in [0, 0.1) is 5.92 Å². The number of hydrogen-bond donors (Lipinski definition) is 3. The van der Waals surface area contributed by atoms with Gasteiger partial charge in [-0.2, -0.15) is 0 Å². The Morgan fingerprint density at radius 2 is 1.68 bits per heavy atom. The van der Waals surface area contributed by atoms with Crippen molar-refractivity contribution in [2.75, 3.05) is 6.54 Å². The molecule has 5 heteroatoms. The van der Waals surface area contributed by atoms with Gasteiger partial charge in [-0.1, -0.05) is 37.8 Å². The van der Waals surface area contributed by atoms with Crippen molar-refractivity contribution in [2.45, 2.75) is 63.5 Å². The highest BCUT2D eigenvalue weighted by molar-refractivity contribution is 5.94. The van der Waals surface area contributed by atoms with Gasteiger partial charge in [0.15, 0.2) is 0 Å². The molecule has 0 unspecified atom stereocenters. The van der Waals surface area contributed by atoms with Crippen molar-refractivity contribution in [3.63, 3.8) is 0 Å². The zero-order valence-corrected chi connectivity index (χ0v) is 14.9. The molecule has 0 aliphatic heterocycles. The third-order valence-electron chi connectivity index (χ3n) is 5.74. The van der Waals surface area contributed by atoms with Crippen molar-refractivity contribution in [1.82, 2.24) is 10.6 Å². The molecule has 2 saturated carbocycles. The predicted octanol–water partition coefficient (Wildman–Crippen LogP) is 2.49. The Bertz CT molecular complexity index is 600. The van der Waals surface area contributed by atoms with E-state index < -0.39 is 0 Å². The quantitative estimate of drug-likeness (QED) is 0.742. The summed E-state index contributed by atoms with van der Waals surface area (Å²) >= 11 is 0. The number of nitrogens with two attached hydrogens (primary N) is 1. The lowest BCUT2D eigenvalue weighted by atomic mass is 9.97. The summed E-state index contributed by atoms with van der Waals surface area (Å²) in [6.07, 6.45) is 8.50. The second-order valence-electron chi connectivity index (χ2n) is 7.54. The van der Waals surface area contributed by atoms with E-state index in [4.69, 9.17) is 5.73 Å². The minimum absolute atomic E-state index is 0.0612. The summed E-state index contributed by atoms with van der Waals surface area (Å²) in [6.45, 7) is 1.01. The second-order valence-corrected chi connectivity index (χ2v) is 7.54. The number of rotatable bonds is 6. The van der Waals surface area contributed by atoms with Crippen molar-refractivity contribution in [1.29, 1.82) is 0 Å². The van der Waals surface area contributed by atoms with Gasteiger partial charge >= 0.3 is 0 Å². The largest absolute Gasteiger partial charge is 0.352 e. The Morgan fingerprint density at radius 1 is 1.04 bits per heavy atom. The first-order valence-corrected chi connectivity index (χ1v) is 9.51. The molecule has 0 saturated heterocycles. The Balaban J connectivity index is 1.52. The van der Waals surface area contributed by atoms with E-state index in [0.717, 1.165) is 56.9 Å². The number of amides is 2. The van der Waals surface area contributed by atoms with E-state index in [1.165, 1.54) is 0 Å². The first-order valence-electron chi connectivity index (χ1n) is 9.51. The molecule has 2 aliphatic rings. The molecule has 0 aromatic heterocycles. The maximum absolute atomic E-state index is 12.5. The molecule has 3 rings (SSSR count). The second kappa shape index (κ2) is 8.00. The van der Waals surface area contributed by atoms with E-state index in [2.05, 4.69) is 10.6 Å². The van der Waals surface area contributed by atoms with Crippen molar-refractivity contribution < 1.29 is 9.59 Å². The van der Waals surface area contributed by atoms with Crippen LogP contribution in [-0.4, -0.2) is 23.9 Å². The molecule has 4 N–H and O–H groups in total. The van der Waals surface area contributed by atoms with E-state index in [9.17, 15) is 9.59 Å². The molecule has 2 fully saturated rings. The molecular formula is C20H29N3O2. The molecule has 25 heavy (non-hydrogen) atoms. The van der Waals surface area contributed by atoms with Crippen LogP contribution in [0.15, 0.2) is 24.3 Å². The van der Waals surface area contributed by atoms with Crippen LogP contribution < -0.4 is 16.4 Å². The summed E-state index contributed by atoms with van der Waals surface area (Å²) < 4.78 is 0. The number of hydrogen-bond acceptors (Lipinski definition) is 3. The molecule has 1 aromatic rings. The zero-order chi connectivity index (χ0) is 17.7. The lowest BCUT2D eigenvalue weighted by Crippen LogP contribution is -2.51. The summed E-state index contributed by atoms with van der Waals surface area (Å²) in [4.78, 5) is 24.5. The maximum atomic E-state index is 12.5. The number of nitrogens with one attached hydrogen (secondary N) is 2. The average Bonchev–Trinajstić information content (AvgIpc) is 3.32. The van der Waals surface area contributed by atoms with Crippen LogP contribution in [0.4, 0.5) is 0 Å². The number of carbonyl (C=O) groups excluding carboxylic acids is 2. The monoisotopic (exact) mass is 343 g/mol. The van der Waals surface area contributed by atoms with Gasteiger partial charge < -0.3 is 16.4 Å². The van der Waals surface area contributed by atoms with E-state index in [0.29, 0.717) is 18.7 Å². The third-order valence-corrected chi connectivity index (χ3v) is 5.74. The fourth-order valence-electron chi connectivity index (χ4n) is 4.04. The van der Waals surface area contributed by atoms with Gasteiger partial charge in [-0.3, -0.25) is 9.59 Å². The van der Waals surface area contributed by atoms with Crippen molar-refractivity contribution in [3.8, 4) is 0 Å². The van der Waals surface area contributed by atoms with Crippen molar-refractivity contribution >= 4 is 11.8 Å². The molecule has 0 radical (unpaired) electrons. The van der Waals surface area contributed by atoms with E-state index in [1.54, 1.807) is 0 Å². The van der Waals surface area contributed by atoms with Gasteiger partial charge in [-0.25, -0.2) is 0 Å². The SMILES string of the molecule is NCC1(NC(=O)c2ccc(CNC(=O)C3CCCC3)cc2)CCCC1. The van der Waals surface area contributed by atoms with E-state index in [-0.39, 0.29) is 23.3 Å². The molecule has 0 spiro atoms. The molecule has 2 amide bonds. The summed E-state index contributed by atoms with van der Waals surface area (Å²) in [7, 11) is 0. The molecule has 5 nitrogen and oxygen atoms in total. The molecular weight excluding hydrogens is 314 g/mol. The Morgan fingerprint density at radius 3 is 2.28 bits per heavy atom. The summed E-state index contributed by atoms with van der Waals surface area (Å²) in [5.74, 6) is 0.281. The van der Waals surface area contributed by atoms with Crippen molar-refractivity contribution in [2.24, 2.45) is 11.7 Å². The highest BCUT2D eigenvalue weighted by Gasteiger charge is 2.34. The highest BCUT2D eigenvalue weighted by atomic mass is 16.2. The predicted molar refractivity (Wildman–Crippen MR) is 98.0 cm³/mol. The van der Waals surface area contributed by atoms with Crippen LogP contribution in [0.2, 0.25) is 0 Å². The smallest absolute Gasteiger partial charge is 0.251 e. The lowest BCUT2D eigenvalue weighted by molar-refractivity contribution is -0.124. The number of benzene rings is 1. The van der Waals surface area contributed by atoms with Crippen LogP contribution in [-0.2, 0) is 11.3 Å². The van der Waals surface area contributed by atoms with E-state index in [1.807, 2.05) is 24.3 Å². The molecule has 0 bridgehead atoms. The standard InChI is InChI=1S/C20H29N3O2/c21-14-20(11-3-4-12-20)23-19(25)17-9-7-15(8-10-17)13-22-18(24)16-5-1-2-6-16/h7-10,16H,1-6,11-14,21H2,(H,22,24)(H,23,25). The first kappa shape index (κ1) is 17.9. The van der Waals surface area contributed by atoms with Gasteiger partial charge in [-0.15, -0.1) is 0 Å². The van der Waals surface area contributed by atoms with Gasteiger partial charge in [0, 0.05) is 24.6 Å². The molecule has 136 valence electrons. The topological polar surface area (TPSA) is 84.2 Å². The van der Waals surface area contributed by atoms with Crippen LogP contribution in [0.1, 0.15) is 67.3 Å². The molecule has 0 heterocycles. The highest BCUT2D eigenvalue weighted by Crippen LogP contribution is 2.29. The Hall–Kier alpha value is -1.88. The van der Waals surface area contributed by atoms with Crippen LogP contribution in [0.5, 0.6) is 0 Å². The number of carbonyl (C=O) groups is 2. The van der Waals surface area contributed by atoms with Gasteiger partial charge in [0.25, 0.3) is 5.91 Å². The Kier molecular flexibility index (Phi) is 5.74. The summed E-state index contributed by atoms with van der Waals surface area (Å²) in [5.41, 5.74) is 7.31. The van der Waals surface area contributed by atoms with Gasteiger partial charge in [0.1, 0.15) is 0 Å². The van der Waals surface area contributed by atoms with Crippen LogP contribution in [0.3, 0.4) is 0 Å². The minimum atomic E-state index is -0.231. The van der Waals surface area contributed by atoms with Gasteiger partial charge in [-0.05, 0) is 43.4 Å². The maximum Gasteiger partial charge on any atom is 0.251 e. The summed E-state index contributed by atoms with van der Waals surface area (Å²) in [5, 5.41) is 6.14. The third kappa shape index (κ3) is 4.40. The fourth-order valence-corrected chi connectivity index (χ4v) is 4.04. The first-order chi connectivity index (χ1) is 12.1. The summed E-state index contributed by atoms with van der Waals surface area (Å²) in [6, 6.07) is 7.47. The van der Waals surface area contributed by atoms with Crippen molar-refractivity contribution in [3.05, 3.63) is 35.4 Å². The zero-order valence-electron chi connectivity index (χ0n) is 14.9. The molecule has 1 aromatic carbocycles. The van der Waals surface area contributed by atoms with Crippen LogP contribution >= 0.6 is 0 Å². The normalized spacial score (nSPS) is 19.7. The minimum Gasteiger partial charge on any atom is -0.352 e. The van der Waals surface area contributed by atoms with E-state index >= 15 is 0 Å². The van der Waals surface area contributed by atoms with Crippen LogP contribution in [0.25, 0.3) is 0 Å². The molecule has 2 aliphatic carbocycles. The Labute approximate surface area is 149 Å².